The monoisotopic (exact) mass is 274 g/mol. The van der Waals surface area contributed by atoms with Gasteiger partial charge in [-0.2, -0.15) is 0 Å². The molecule has 0 aliphatic carbocycles. The summed E-state index contributed by atoms with van der Waals surface area (Å²) < 4.78 is 0. The van der Waals surface area contributed by atoms with Gasteiger partial charge in [-0.05, 0) is 30.5 Å². The van der Waals surface area contributed by atoms with Gasteiger partial charge in [-0.25, -0.2) is 0 Å². The summed E-state index contributed by atoms with van der Waals surface area (Å²) in [5, 5.41) is 5.54. The molecule has 0 spiro atoms. The highest BCUT2D eigenvalue weighted by atomic mass is 16.2. The van der Waals surface area contributed by atoms with Gasteiger partial charge in [0.15, 0.2) is 0 Å². The topological polar surface area (TPSA) is 58.2 Å². The zero-order valence-corrected chi connectivity index (χ0v) is 11.9. The number of benzene rings is 1. The summed E-state index contributed by atoms with van der Waals surface area (Å²) in [5.41, 5.74) is 2.10. The van der Waals surface area contributed by atoms with Gasteiger partial charge < -0.3 is 10.6 Å². The fraction of sp³-hybridized carbons (Fsp3) is 0.500. The van der Waals surface area contributed by atoms with Crippen molar-refractivity contribution in [1.29, 1.82) is 0 Å². The third kappa shape index (κ3) is 4.08. The van der Waals surface area contributed by atoms with Crippen molar-refractivity contribution >= 4 is 17.5 Å². The number of amides is 2. The number of anilines is 1. The molecule has 1 aromatic carbocycles. The molecular weight excluding hydrogens is 252 g/mol. The summed E-state index contributed by atoms with van der Waals surface area (Å²) in [5.74, 6) is -0.370. The van der Waals surface area contributed by atoms with Crippen molar-refractivity contribution in [3.8, 4) is 0 Å². The Bertz CT molecular complexity index is 468. The largest absolute Gasteiger partial charge is 0.355 e. The molecule has 2 N–H and O–H groups in total. The SMILES string of the molecule is CCCCCc1ccc(NC(=O)C2CNC(=O)C2)cc1. The lowest BCUT2D eigenvalue weighted by Gasteiger charge is -2.09. The summed E-state index contributed by atoms with van der Waals surface area (Å²) in [4.78, 5) is 23.0. The van der Waals surface area contributed by atoms with Gasteiger partial charge in [-0.3, -0.25) is 9.59 Å². The highest BCUT2D eigenvalue weighted by Gasteiger charge is 2.27. The number of carbonyl (C=O) groups excluding carboxylic acids is 2. The number of hydrogen-bond donors (Lipinski definition) is 2. The summed E-state index contributed by atoms with van der Waals surface area (Å²) in [7, 11) is 0. The quantitative estimate of drug-likeness (QED) is 0.783. The van der Waals surface area contributed by atoms with Crippen molar-refractivity contribution in [1.82, 2.24) is 5.32 Å². The first-order chi connectivity index (χ1) is 9.69. The van der Waals surface area contributed by atoms with Crippen LogP contribution in [0.25, 0.3) is 0 Å². The van der Waals surface area contributed by atoms with E-state index in [2.05, 4.69) is 29.7 Å². The second-order valence-corrected chi connectivity index (χ2v) is 5.35. The van der Waals surface area contributed by atoms with Crippen LogP contribution in [0.1, 0.15) is 38.2 Å². The molecule has 20 heavy (non-hydrogen) atoms. The van der Waals surface area contributed by atoms with Crippen LogP contribution in [0.5, 0.6) is 0 Å². The van der Waals surface area contributed by atoms with Crippen molar-refractivity contribution in [3.63, 3.8) is 0 Å². The van der Waals surface area contributed by atoms with Crippen LogP contribution in [0.3, 0.4) is 0 Å². The van der Waals surface area contributed by atoms with Gasteiger partial charge in [-0.15, -0.1) is 0 Å². The Morgan fingerprint density at radius 2 is 2.05 bits per heavy atom. The van der Waals surface area contributed by atoms with Crippen molar-refractivity contribution in [2.75, 3.05) is 11.9 Å². The average Bonchev–Trinajstić information content (AvgIpc) is 2.88. The van der Waals surface area contributed by atoms with Crippen LogP contribution in [-0.2, 0) is 16.0 Å². The van der Waals surface area contributed by atoms with Crippen LogP contribution >= 0.6 is 0 Å². The lowest BCUT2D eigenvalue weighted by molar-refractivity contribution is -0.123. The Morgan fingerprint density at radius 1 is 1.30 bits per heavy atom. The van der Waals surface area contributed by atoms with Crippen LogP contribution in [0.15, 0.2) is 24.3 Å². The maximum Gasteiger partial charge on any atom is 0.229 e. The van der Waals surface area contributed by atoms with E-state index in [0.29, 0.717) is 13.0 Å². The van der Waals surface area contributed by atoms with Crippen molar-refractivity contribution in [3.05, 3.63) is 29.8 Å². The van der Waals surface area contributed by atoms with Gasteiger partial charge in [0.05, 0.1) is 5.92 Å². The maximum atomic E-state index is 12.0. The molecule has 1 atom stereocenters. The highest BCUT2D eigenvalue weighted by Crippen LogP contribution is 2.15. The van der Waals surface area contributed by atoms with E-state index in [1.807, 2.05) is 12.1 Å². The zero-order valence-electron chi connectivity index (χ0n) is 11.9. The van der Waals surface area contributed by atoms with Crippen LogP contribution < -0.4 is 10.6 Å². The minimum Gasteiger partial charge on any atom is -0.355 e. The van der Waals surface area contributed by atoms with E-state index in [1.165, 1.54) is 24.8 Å². The molecule has 1 fully saturated rings. The van der Waals surface area contributed by atoms with Gasteiger partial charge in [0.1, 0.15) is 0 Å². The van der Waals surface area contributed by atoms with Crippen LogP contribution in [0.2, 0.25) is 0 Å². The first-order valence-electron chi connectivity index (χ1n) is 7.35. The summed E-state index contributed by atoms with van der Waals surface area (Å²) >= 11 is 0. The molecule has 4 heteroatoms. The first kappa shape index (κ1) is 14.6. The molecule has 0 radical (unpaired) electrons. The molecule has 0 saturated carbocycles. The molecule has 4 nitrogen and oxygen atoms in total. The molecule has 1 unspecified atom stereocenters. The number of nitrogens with one attached hydrogen (secondary N) is 2. The van der Waals surface area contributed by atoms with E-state index in [-0.39, 0.29) is 17.7 Å². The lowest BCUT2D eigenvalue weighted by atomic mass is 10.1. The zero-order chi connectivity index (χ0) is 14.4. The van der Waals surface area contributed by atoms with Crippen molar-refractivity contribution in [2.24, 2.45) is 5.92 Å². The van der Waals surface area contributed by atoms with E-state index < -0.39 is 0 Å². The van der Waals surface area contributed by atoms with Crippen molar-refractivity contribution in [2.45, 2.75) is 39.0 Å². The van der Waals surface area contributed by atoms with Gasteiger partial charge in [-0.1, -0.05) is 31.9 Å². The standard InChI is InChI=1S/C16H22N2O2/c1-2-3-4-5-12-6-8-14(9-7-12)18-16(20)13-10-15(19)17-11-13/h6-9,13H,2-5,10-11H2,1H3,(H,17,19)(H,18,20). The van der Waals surface area contributed by atoms with E-state index in [4.69, 9.17) is 0 Å². The average molecular weight is 274 g/mol. The first-order valence-corrected chi connectivity index (χ1v) is 7.35. The number of unbranched alkanes of at least 4 members (excludes halogenated alkanes) is 2. The molecule has 2 rings (SSSR count). The maximum absolute atomic E-state index is 12.0. The Labute approximate surface area is 119 Å². The summed E-state index contributed by atoms with van der Waals surface area (Å²) in [6, 6.07) is 7.99. The second-order valence-electron chi connectivity index (χ2n) is 5.35. The molecule has 0 aromatic heterocycles. The second kappa shape index (κ2) is 7.08. The lowest BCUT2D eigenvalue weighted by Crippen LogP contribution is -2.24. The molecule has 1 heterocycles. The third-order valence-electron chi connectivity index (χ3n) is 3.64. The Balaban J connectivity index is 1.84. The fourth-order valence-corrected chi connectivity index (χ4v) is 2.37. The minimum absolute atomic E-state index is 0.0450. The van der Waals surface area contributed by atoms with E-state index in [9.17, 15) is 9.59 Å². The van der Waals surface area contributed by atoms with Crippen molar-refractivity contribution < 1.29 is 9.59 Å². The Hall–Kier alpha value is -1.84. The van der Waals surface area contributed by atoms with Gasteiger partial charge >= 0.3 is 0 Å². The molecule has 0 bridgehead atoms. The third-order valence-corrected chi connectivity index (χ3v) is 3.64. The number of aryl methyl sites for hydroxylation is 1. The molecular formula is C16H22N2O2. The normalized spacial score (nSPS) is 17.9. The number of carbonyl (C=O) groups is 2. The molecule has 1 aliphatic heterocycles. The van der Waals surface area contributed by atoms with Crippen LogP contribution in [0.4, 0.5) is 5.69 Å². The molecule has 1 aromatic rings. The van der Waals surface area contributed by atoms with Crippen LogP contribution in [-0.4, -0.2) is 18.4 Å². The molecule has 2 amide bonds. The number of hydrogen-bond acceptors (Lipinski definition) is 2. The number of rotatable bonds is 6. The van der Waals surface area contributed by atoms with Crippen LogP contribution in [0, 0.1) is 5.92 Å². The molecule has 1 aliphatic rings. The smallest absolute Gasteiger partial charge is 0.229 e. The Kier molecular flexibility index (Phi) is 5.16. The predicted octanol–water partition coefficient (Wildman–Crippen LogP) is 2.49. The Morgan fingerprint density at radius 3 is 2.65 bits per heavy atom. The van der Waals surface area contributed by atoms with E-state index >= 15 is 0 Å². The molecule has 108 valence electrons. The van der Waals surface area contributed by atoms with E-state index in [1.54, 1.807) is 0 Å². The van der Waals surface area contributed by atoms with Gasteiger partial charge in [0.25, 0.3) is 0 Å². The van der Waals surface area contributed by atoms with Gasteiger partial charge in [0.2, 0.25) is 11.8 Å². The summed E-state index contributed by atoms with van der Waals surface area (Å²) in [6.45, 7) is 2.64. The summed E-state index contributed by atoms with van der Waals surface area (Å²) in [6.07, 6.45) is 5.06. The molecule has 1 saturated heterocycles. The minimum atomic E-state index is -0.244. The highest BCUT2D eigenvalue weighted by molar-refractivity contribution is 5.97. The fourth-order valence-electron chi connectivity index (χ4n) is 2.37. The van der Waals surface area contributed by atoms with Gasteiger partial charge in [0, 0.05) is 18.7 Å². The van der Waals surface area contributed by atoms with E-state index in [0.717, 1.165) is 12.1 Å². The predicted molar refractivity (Wildman–Crippen MR) is 79.4 cm³/mol.